The first-order valence-electron chi connectivity index (χ1n) is 8.04. The molecule has 0 aromatic carbocycles. The fourth-order valence-electron chi connectivity index (χ4n) is 3.41. The topological polar surface area (TPSA) is 49.5 Å². The number of hydrogen-bond acceptors (Lipinski definition) is 4. The van der Waals surface area contributed by atoms with Gasteiger partial charge in [0.25, 0.3) is 0 Å². The smallest absolute Gasteiger partial charge is 0.0931 e. The van der Waals surface area contributed by atoms with Gasteiger partial charge in [-0.1, -0.05) is 37.8 Å². The van der Waals surface area contributed by atoms with Gasteiger partial charge in [0.15, 0.2) is 0 Å². The molecule has 2 atom stereocenters. The molecule has 120 valence electrons. The van der Waals surface area contributed by atoms with Crippen LogP contribution in [-0.4, -0.2) is 35.2 Å². The third-order valence-electron chi connectivity index (χ3n) is 4.52. The maximum Gasteiger partial charge on any atom is 0.0931 e. The first-order valence-corrected chi connectivity index (χ1v) is 9.24. The van der Waals surface area contributed by atoms with Crippen molar-refractivity contribution in [2.75, 3.05) is 13.2 Å². The molecule has 1 aromatic heterocycles. The molecule has 1 aromatic rings. The average molecular weight is 331 g/mol. The van der Waals surface area contributed by atoms with Crippen molar-refractivity contribution in [3.05, 3.63) is 21.3 Å². The zero-order chi connectivity index (χ0) is 15.2. The van der Waals surface area contributed by atoms with Gasteiger partial charge in [0.05, 0.1) is 17.0 Å². The highest BCUT2D eigenvalue weighted by atomic mass is 35.5. The van der Waals surface area contributed by atoms with Gasteiger partial charge in [-0.05, 0) is 31.4 Å². The summed E-state index contributed by atoms with van der Waals surface area (Å²) in [5, 5.41) is 9.52. The van der Waals surface area contributed by atoms with Gasteiger partial charge in [-0.2, -0.15) is 0 Å². The number of halogens is 1. The lowest BCUT2D eigenvalue weighted by molar-refractivity contribution is 0.0681. The zero-order valence-electron chi connectivity index (χ0n) is 12.8. The minimum Gasteiger partial charge on any atom is -0.395 e. The Kier molecular flexibility index (Phi) is 6.96. The number of hydrogen-bond donors (Lipinski definition) is 2. The van der Waals surface area contributed by atoms with Gasteiger partial charge in [0, 0.05) is 23.5 Å². The highest BCUT2D eigenvalue weighted by Crippen LogP contribution is 2.36. The van der Waals surface area contributed by atoms with Crippen LogP contribution in [0.2, 0.25) is 4.34 Å². The minimum absolute atomic E-state index is 0.0770. The summed E-state index contributed by atoms with van der Waals surface area (Å²) in [6.07, 6.45) is 7.25. The first-order chi connectivity index (χ1) is 10.2. The summed E-state index contributed by atoms with van der Waals surface area (Å²) in [5.41, 5.74) is 6.44. The van der Waals surface area contributed by atoms with Gasteiger partial charge in [-0.15, -0.1) is 11.3 Å². The van der Waals surface area contributed by atoms with E-state index in [9.17, 15) is 5.11 Å². The summed E-state index contributed by atoms with van der Waals surface area (Å²) in [7, 11) is 0. The fraction of sp³-hybridized carbons (Fsp3) is 0.750. The van der Waals surface area contributed by atoms with Crippen molar-refractivity contribution in [3.63, 3.8) is 0 Å². The molecule has 0 amide bonds. The van der Waals surface area contributed by atoms with E-state index in [-0.39, 0.29) is 18.7 Å². The molecule has 2 unspecified atom stereocenters. The number of nitrogens with two attached hydrogens (primary N) is 1. The molecule has 0 aliphatic heterocycles. The van der Waals surface area contributed by atoms with Gasteiger partial charge < -0.3 is 10.8 Å². The van der Waals surface area contributed by atoms with Gasteiger partial charge in [-0.3, -0.25) is 4.90 Å². The van der Waals surface area contributed by atoms with Crippen LogP contribution in [0, 0.1) is 0 Å². The van der Waals surface area contributed by atoms with Crippen molar-refractivity contribution in [1.29, 1.82) is 0 Å². The summed E-state index contributed by atoms with van der Waals surface area (Å²) in [4.78, 5) is 3.67. The Labute approximate surface area is 137 Å². The van der Waals surface area contributed by atoms with Crippen molar-refractivity contribution < 1.29 is 5.11 Å². The van der Waals surface area contributed by atoms with Crippen LogP contribution in [0.4, 0.5) is 0 Å². The van der Waals surface area contributed by atoms with Crippen LogP contribution < -0.4 is 5.73 Å². The quantitative estimate of drug-likeness (QED) is 0.799. The standard InChI is InChI=1S/C16H27ClN2OS/c1-2-13(18)16(14-8-9-15(17)21-14)19(10-11-20)12-6-4-3-5-7-12/h8-9,12-13,16,20H,2-7,10-11,18H2,1H3. The lowest BCUT2D eigenvalue weighted by Crippen LogP contribution is -2.47. The Morgan fingerprint density at radius 2 is 2.10 bits per heavy atom. The largest absolute Gasteiger partial charge is 0.395 e. The van der Waals surface area contributed by atoms with Gasteiger partial charge in [0.1, 0.15) is 0 Å². The third-order valence-corrected chi connectivity index (χ3v) is 5.82. The molecule has 0 spiro atoms. The molecule has 0 saturated heterocycles. The predicted octanol–water partition coefficient (Wildman–Crippen LogP) is 3.81. The summed E-state index contributed by atoms with van der Waals surface area (Å²) >= 11 is 7.75. The molecule has 0 radical (unpaired) electrons. The van der Waals surface area contributed by atoms with Crippen LogP contribution in [0.3, 0.4) is 0 Å². The number of aliphatic hydroxyl groups excluding tert-OH is 1. The van der Waals surface area contributed by atoms with Crippen LogP contribution >= 0.6 is 22.9 Å². The zero-order valence-corrected chi connectivity index (χ0v) is 14.4. The molecular weight excluding hydrogens is 304 g/mol. The minimum atomic E-state index is 0.0770. The molecular formula is C16H27ClN2OS. The highest BCUT2D eigenvalue weighted by Gasteiger charge is 2.32. The Morgan fingerprint density at radius 3 is 2.62 bits per heavy atom. The Bertz CT molecular complexity index is 420. The van der Waals surface area contributed by atoms with E-state index >= 15 is 0 Å². The van der Waals surface area contributed by atoms with Crippen molar-refractivity contribution in [1.82, 2.24) is 4.90 Å². The van der Waals surface area contributed by atoms with Crippen LogP contribution in [-0.2, 0) is 0 Å². The monoisotopic (exact) mass is 330 g/mol. The number of aliphatic hydroxyl groups is 1. The van der Waals surface area contributed by atoms with Crippen LogP contribution in [0.1, 0.15) is 56.4 Å². The molecule has 1 heterocycles. The second kappa shape index (κ2) is 8.49. The summed E-state index contributed by atoms with van der Waals surface area (Å²) in [5.74, 6) is 0. The molecule has 2 rings (SSSR count). The molecule has 1 aliphatic rings. The maximum atomic E-state index is 9.52. The van der Waals surface area contributed by atoms with E-state index in [0.717, 1.165) is 10.8 Å². The van der Waals surface area contributed by atoms with E-state index in [1.807, 2.05) is 6.07 Å². The number of nitrogens with zero attached hydrogens (tertiary/aromatic N) is 1. The van der Waals surface area contributed by atoms with E-state index in [4.69, 9.17) is 17.3 Å². The van der Waals surface area contributed by atoms with E-state index in [1.165, 1.54) is 37.0 Å². The lowest BCUT2D eigenvalue weighted by atomic mass is 9.91. The van der Waals surface area contributed by atoms with Gasteiger partial charge >= 0.3 is 0 Å². The van der Waals surface area contributed by atoms with E-state index in [2.05, 4.69) is 17.9 Å². The van der Waals surface area contributed by atoms with E-state index in [0.29, 0.717) is 12.6 Å². The number of thiophene rings is 1. The molecule has 1 fully saturated rings. The van der Waals surface area contributed by atoms with Crippen LogP contribution in [0.25, 0.3) is 0 Å². The summed E-state index contributed by atoms with van der Waals surface area (Å²) in [6.45, 7) is 3.01. The lowest BCUT2D eigenvalue weighted by Gasteiger charge is -2.41. The van der Waals surface area contributed by atoms with Crippen LogP contribution in [0.15, 0.2) is 12.1 Å². The Hall–Kier alpha value is -0.130. The second-order valence-corrected chi connectivity index (χ2v) is 7.66. The van der Waals surface area contributed by atoms with E-state index < -0.39 is 0 Å². The van der Waals surface area contributed by atoms with Crippen molar-refractivity contribution in [2.24, 2.45) is 5.73 Å². The normalized spacial score (nSPS) is 19.9. The molecule has 21 heavy (non-hydrogen) atoms. The SMILES string of the molecule is CCC(N)C(c1ccc(Cl)s1)N(CCO)C1CCCCC1. The predicted molar refractivity (Wildman–Crippen MR) is 91.0 cm³/mol. The summed E-state index contributed by atoms with van der Waals surface area (Å²) in [6, 6.07) is 4.83. The third kappa shape index (κ3) is 4.42. The van der Waals surface area contributed by atoms with Gasteiger partial charge in [0.2, 0.25) is 0 Å². The Balaban J connectivity index is 2.25. The molecule has 1 saturated carbocycles. The van der Waals surface area contributed by atoms with Crippen molar-refractivity contribution in [3.8, 4) is 0 Å². The van der Waals surface area contributed by atoms with Crippen molar-refractivity contribution in [2.45, 2.75) is 63.6 Å². The molecule has 3 N–H and O–H groups in total. The fourth-order valence-corrected chi connectivity index (χ4v) is 4.67. The van der Waals surface area contributed by atoms with Gasteiger partial charge in [-0.25, -0.2) is 0 Å². The maximum absolute atomic E-state index is 9.52. The van der Waals surface area contributed by atoms with Crippen LogP contribution in [0.5, 0.6) is 0 Å². The van der Waals surface area contributed by atoms with Crippen molar-refractivity contribution >= 4 is 22.9 Å². The first kappa shape index (κ1) is 17.2. The average Bonchev–Trinajstić information content (AvgIpc) is 2.93. The Morgan fingerprint density at radius 1 is 1.38 bits per heavy atom. The second-order valence-electron chi connectivity index (χ2n) is 5.91. The molecule has 3 nitrogen and oxygen atoms in total. The molecule has 5 heteroatoms. The molecule has 0 bridgehead atoms. The number of rotatable bonds is 7. The highest BCUT2D eigenvalue weighted by molar-refractivity contribution is 7.16. The van der Waals surface area contributed by atoms with E-state index in [1.54, 1.807) is 11.3 Å². The molecule has 1 aliphatic carbocycles. The summed E-state index contributed by atoms with van der Waals surface area (Å²) < 4.78 is 0.811.